The zero-order valence-corrected chi connectivity index (χ0v) is 18.9. The first-order valence-corrected chi connectivity index (χ1v) is 10.3. The van der Waals surface area contributed by atoms with Gasteiger partial charge in [0, 0.05) is 24.4 Å². The Bertz CT molecular complexity index is 882. The first-order valence-electron chi connectivity index (χ1n) is 10.3. The summed E-state index contributed by atoms with van der Waals surface area (Å²) in [7, 11) is 3.15. The summed E-state index contributed by atoms with van der Waals surface area (Å²) < 4.78 is 16.0. The summed E-state index contributed by atoms with van der Waals surface area (Å²) in [6.07, 6.45) is 0.511. The number of methoxy groups -OCH3 is 2. The van der Waals surface area contributed by atoms with Crippen LogP contribution in [0.5, 0.6) is 11.5 Å². The number of nitrogens with one attached hydrogen (secondary N) is 2. The van der Waals surface area contributed by atoms with Crippen molar-refractivity contribution in [2.24, 2.45) is 5.92 Å². The Kier molecular flexibility index (Phi) is 9.34. The molecule has 31 heavy (non-hydrogen) atoms. The van der Waals surface area contributed by atoms with E-state index < -0.39 is 6.04 Å². The second-order valence-electron chi connectivity index (χ2n) is 7.67. The number of aryl methyl sites for hydroxylation is 1. The van der Waals surface area contributed by atoms with Crippen molar-refractivity contribution >= 4 is 17.5 Å². The molecule has 0 aliphatic carbocycles. The number of carbonyl (C=O) groups is 2. The van der Waals surface area contributed by atoms with Crippen LogP contribution >= 0.6 is 0 Å². The molecule has 2 aromatic rings. The number of rotatable bonds is 11. The Labute approximate surface area is 184 Å². The summed E-state index contributed by atoms with van der Waals surface area (Å²) in [4.78, 5) is 25.8. The largest absolute Gasteiger partial charge is 0.493 e. The SMILES string of the molecule is COCCOc1cc(NC(=O)C(CC(C)C)NC(=O)c2ccccc2C)ccc1OC. The molecular formula is C24H32N2O5. The third-order valence-corrected chi connectivity index (χ3v) is 4.69. The fourth-order valence-corrected chi connectivity index (χ4v) is 3.10. The highest BCUT2D eigenvalue weighted by atomic mass is 16.5. The van der Waals surface area contributed by atoms with Crippen LogP contribution in [0.15, 0.2) is 42.5 Å². The van der Waals surface area contributed by atoms with Crippen molar-refractivity contribution in [2.75, 3.05) is 32.8 Å². The van der Waals surface area contributed by atoms with Crippen LogP contribution in [0, 0.1) is 12.8 Å². The minimum Gasteiger partial charge on any atom is -0.493 e. The van der Waals surface area contributed by atoms with Gasteiger partial charge in [0.25, 0.3) is 5.91 Å². The van der Waals surface area contributed by atoms with E-state index in [-0.39, 0.29) is 17.7 Å². The van der Waals surface area contributed by atoms with Gasteiger partial charge in [0.15, 0.2) is 11.5 Å². The van der Waals surface area contributed by atoms with Crippen LogP contribution in [-0.4, -0.2) is 45.3 Å². The van der Waals surface area contributed by atoms with Gasteiger partial charge in [-0.05, 0) is 43.0 Å². The summed E-state index contributed by atoms with van der Waals surface area (Å²) in [5.41, 5.74) is 1.97. The highest BCUT2D eigenvalue weighted by Crippen LogP contribution is 2.30. The fraction of sp³-hybridized carbons (Fsp3) is 0.417. The number of ether oxygens (including phenoxy) is 3. The summed E-state index contributed by atoms with van der Waals surface area (Å²) in [6.45, 7) is 6.67. The van der Waals surface area contributed by atoms with Crippen molar-refractivity contribution in [3.63, 3.8) is 0 Å². The molecule has 1 atom stereocenters. The first kappa shape index (κ1) is 24.2. The molecule has 168 valence electrons. The van der Waals surface area contributed by atoms with Crippen molar-refractivity contribution in [3.05, 3.63) is 53.6 Å². The number of amides is 2. The summed E-state index contributed by atoms with van der Waals surface area (Å²) >= 11 is 0. The molecule has 1 unspecified atom stereocenters. The van der Waals surface area contributed by atoms with Crippen LogP contribution in [0.4, 0.5) is 5.69 Å². The number of hydrogen-bond acceptors (Lipinski definition) is 5. The molecule has 0 radical (unpaired) electrons. The molecule has 0 saturated heterocycles. The molecule has 0 aliphatic heterocycles. The van der Waals surface area contributed by atoms with Crippen molar-refractivity contribution in [1.29, 1.82) is 0 Å². The third kappa shape index (κ3) is 7.29. The maximum atomic E-state index is 13.0. The molecule has 0 saturated carbocycles. The van der Waals surface area contributed by atoms with Crippen molar-refractivity contribution < 1.29 is 23.8 Å². The van der Waals surface area contributed by atoms with Crippen LogP contribution in [0.25, 0.3) is 0 Å². The molecule has 2 rings (SSSR count). The smallest absolute Gasteiger partial charge is 0.252 e. The quantitative estimate of drug-likeness (QED) is 0.532. The molecule has 2 aromatic carbocycles. The summed E-state index contributed by atoms with van der Waals surface area (Å²) in [5.74, 6) is 0.722. The van der Waals surface area contributed by atoms with Crippen LogP contribution in [0.1, 0.15) is 36.2 Å². The average molecular weight is 429 g/mol. The predicted octanol–water partition coefficient (Wildman–Crippen LogP) is 3.81. The average Bonchev–Trinajstić information content (AvgIpc) is 2.73. The van der Waals surface area contributed by atoms with E-state index in [1.807, 2.05) is 39.0 Å². The molecule has 0 fully saturated rings. The Morgan fingerprint density at radius 3 is 2.39 bits per heavy atom. The van der Waals surface area contributed by atoms with E-state index in [9.17, 15) is 9.59 Å². The molecule has 0 spiro atoms. The van der Waals surface area contributed by atoms with E-state index >= 15 is 0 Å². The third-order valence-electron chi connectivity index (χ3n) is 4.69. The van der Waals surface area contributed by atoms with E-state index in [4.69, 9.17) is 14.2 Å². The molecule has 0 heterocycles. The van der Waals surface area contributed by atoms with Gasteiger partial charge in [-0.2, -0.15) is 0 Å². The van der Waals surface area contributed by atoms with E-state index in [0.29, 0.717) is 42.4 Å². The number of carbonyl (C=O) groups excluding carboxylic acids is 2. The lowest BCUT2D eigenvalue weighted by Crippen LogP contribution is -2.44. The van der Waals surface area contributed by atoms with Gasteiger partial charge in [-0.3, -0.25) is 9.59 Å². The van der Waals surface area contributed by atoms with Gasteiger partial charge in [0.05, 0.1) is 13.7 Å². The second-order valence-corrected chi connectivity index (χ2v) is 7.67. The molecule has 2 N–H and O–H groups in total. The monoisotopic (exact) mass is 428 g/mol. The Balaban J connectivity index is 2.15. The number of hydrogen-bond donors (Lipinski definition) is 2. The van der Waals surface area contributed by atoms with E-state index in [1.54, 1.807) is 38.5 Å². The van der Waals surface area contributed by atoms with Gasteiger partial charge < -0.3 is 24.8 Å². The Hall–Kier alpha value is -3.06. The zero-order valence-electron chi connectivity index (χ0n) is 18.9. The zero-order chi connectivity index (χ0) is 22.8. The van der Waals surface area contributed by atoms with Crippen molar-refractivity contribution in [1.82, 2.24) is 5.32 Å². The first-order chi connectivity index (χ1) is 14.8. The van der Waals surface area contributed by atoms with Crippen LogP contribution in [0.2, 0.25) is 0 Å². The second kappa shape index (κ2) is 12.0. The van der Waals surface area contributed by atoms with Crippen molar-refractivity contribution in [2.45, 2.75) is 33.2 Å². The minimum atomic E-state index is -0.674. The standard InChI is InChI=1S/C24H32N2O5/c1-16(2)14-20(26-23(27)19-9-7-6-8-17(19)3)24(28)25-18-10-11-21(30-5)22(15-18)31-13-12-29-4/h6-11,15-16,20H,12-14H2,1-5H3,(H,25,28)(H,26,27). The topological polar surface area (TPSA) is 85.9 Å². The van der Waals surface area contributed by atoms with Gasteiger partial charge in [0.2, 0.25) is 5.91 Å². The van der Waals surface area contributed by atoms with Crippen molar-refractivity contribution in [3.8, 4) is 11.5 Å². The Morgan fingerprint density at radius 1 is 1.00 bits per heavy atom. The number of benzene rings is 2. The minimum absolute atomic E-state index is 0.219. The van der Waals surface area contributed by atoms with Crippen LogP contribution in [0.3, 0.4) is 0 Å². The lowest BCUT2D eigenvalue weighted by Gasteiger charge is -2.21. The van der Waals surface area contributed by atoms with Gasteiger partial charge in [-0.25, -0.2) is 0 Å². The molecule has 7 nitrogen and oxygen atoms in total. The van der Waals surface area contributed by atoms with E-state index in [1.165, 1.54) is 0 Å². The molecule has 0 aromatic heterocycles. The molecule has 2 amide bonds. The highest BCUT2D eigenvalue weighted by Gasteiger charge is 2.23. The van der Waals surface area contributed by atoms with E-state index in [0.717, 1.165) is 5.56 Å². The summed E-state index contributed by atoms with van der Waals surface area (Å²) in [6, 6.07) is 11.8. The Morgan fingerprint density at radius 2 is 1.74 bits per heavy atom. The molecular weight excluding hydrogens is 396 g/mol. The van der Waals surface area contributed by atoms with Crippen LogP contribution in [-0.2, 0) is 9.53 Å². The van der Waals surface area contributed by atoms with Gasteiger partial charge in [0.1, 0.15) is 12.6 Å². The fourth-order valence-electron chi connectivity index (χ4n) is 3.10. The predicted molar refractivity (Wildman–Crippen MR) is 121 cm³/mol. The number of anilines is 1. The normalized spacial score (nSPS) is 11.7. The van der Waals surface area contributed by atoms with Gasteiger partial charge in [-0.1, -0.05) is 32.0 Å². The molecule has 7 heteroatoms. The summed E-state index contributed by atoms with van der Waals surface area (Å²) in [5, 5.41) is 5.76. The maximum absolute atomic E-state index is 13.0. The lowest BCUT2D eigenvalue weighted by atomic mass is 10.0. The highest BCUT2D eigenvalue weighted by molar-refractivity contribution is 6.01. The van der Waals surface area contributed by atoms with Gasteiger partial charge >= 0.3 is 0 Å². The maximum Gasteiger partial charge on any atom is 0.252 e. The van der Waals surface area contributed by atoms with E-state index in [2.05, 4.69) is 10.6 Å². The van der Waals surface area contributed by atoms with Gasteiger partial charge in [-0.15, -0.1) is 0 Å². The molecule has 0 bridgehead atoms. The molecule has 0 aliphatic rings. The van der Waals surface area contributed by atoms with Crippen LogP contribution < -0.4 is 20.1 Å². The lowest BCUT2D eigenvalue weighted by molar-refractivity contribution is -0.118.